The van der Waals surface area contributed by atoms with Crippen LogP contribution in [0.15, 0.2) is 54.6 Å². The predicted molar refractivity (Wildman–Crippen MR) is 105 cm³/mol. The Labute approximate surface area is 155 Å². The van der Waals surface area contributed by atoms with Crippen LogP contribution in [0.1, 0.15) is 37.4 Å². The second-order valence-corrected chi connectivity index (χ2v) is 6.52. The molecule has 0 aromatic heterocycles. The van der Waals surface area contributed by atoms with Crippen molar-refractivity contribution in [1.29, 1.82) is 0 Å². The molecule has 0 saturated carbocycles. The molecule has 1 amide bonds. The van der Waals surface area contributed by atoms with Crippen molar-refractivity contribution < 1.29 is 14.3 Å². The van der Waals surface area contributed by atoms with E-state index in [0.717, 1.165) is 17.5 Å². The Kier molecular flexibility index (Phi) is 7.27. The highest BCUT2D eigenvalue weighted by molar-refractivity contribution is 5.92. The van der Waals surface area contributed by atoms with Gasteiger partial charge in [0, 0.05) is 11.6 Å². The van der Waals surface area contributed by atoms with Crippen molar-refractivity contribution in [2.24, 2.45) is 5.92 Å². The minimum Gasteiger partial charge on any atom is -0.493 e. The van der Waals surface area contributed by atoms with Crippen molar-refractivity contribution in [2.45, 2.75) is 26.3 Å². The van der Waals surface area contributed by atoms with Crippen molar-refractivity contribution in [1.82, 2.24) is 5.32 Å². The number of para-hydroxylation sites is 1. The van der Waals surface area contributed by atoms with E-state index in [1.807, 2.05) is 48.5 Å². The normalized spacial score (nSPS) is 12.2. The Bertz CT molecular complexity index is 738. The molecule has 2 aromatic rings. The molecule has 2 rings (SSSR count). The van der Waals surface area contributed by atoms with Gasteiger partial charge in [0.05, 0.1) is 20.3 Å². The number of methoxy groups -OCH3 is 2. The number of carbonyl (C=O) groups is 1. The van der Waals surface area contributed by atoms with Crippen LogP contribution in [-0.2, 0) is 4.79 Å². The fourth-order valence-electron chi connectivity index (χ4n) is 2.86. The summed E-state index contributed by atoms with van der Waals surface area (Å²) < 4.78 is 10.7. The Morgan fingerprint density at radius 3 is 2.38 bits per heavy atom. The number of ether oxygens (including phenoxy) is 2. The minimum atomic E-state index is -0.135. The van der Waals surface area contributed by atoms with Crippen molar-refractivity contribution in [3.05, 3.63) is 65.7 Å². The molecule has 0 aliphatic carbocycles. The summed E-state index contributed by atoms with van der Waals surface area (Å²) in [5, 5.41) is 3.10. The Morgan fingerprint density at radius 2 is 1.77 bits per heavy atom. The zero-order valence-corrected chi connectivity index (χ0v) is 15.9. The quantitative estimate of drug-likeness (QED) is 0.705. The number of rotatable bonds is 8. The lowest BCUT2D eigenvalue weighted by atomic mass is 9.97. The lowest BCUT2D eigenvalue weighted by Crippen LogP contribution is -2.27. The molecule has 2 aromatic carbocycles. The molecule has 0 aliphatic heterocycles. The molecule has 0 aliphatic rings. The second-order valence-electron chi connectivity index (χ2n) is 6.52. The molecule has 138 valence electrons. The van der Waals surface area contributed by atoms with Gasteiger partial charge in [-0.3, -0.25) is 4.79 Å². The molecule has 0 spiro atoms. The van der Waals surface area contributed by atoms with Crippen molar-refractivity contribution in [2.75, 3.05) is 14.2 Å². The highest BCUT2D eigenvalue weighted by Gasteiger charge is 2.15. The number of benzene rings is 2. The number of carbonyl (C=O) groups excluding carboxylic acids is 1. The first kappa shape index (κ1) is 19.6. The zero-order chi connectivity index (χ0) is 18.9. The Balaban J connectivity index is 2.14. The Hall–Kier alpha value is -2.75. The molecule has 4 nitrogen and oxygen atoms in total. The largest absolute Gasteiger partial charge is 0.493 e. The van der Waals surface area contributed by atoms with Gasteiger partial charge in [0.25, 0.3) is 0 Å². The maximum Gasteiger partial charge on any atom is 0.244 e. The van der Waals surface area contributed by atoms with E-state index in [4.69, 9.17) is 9.47 Å². The van der Waals surface area contributed by atoms with Gasteiger partial charge in [0.2, 0.25) is 5.91 Å². The average molecular weight is 353 g/mol. The van der Waals surface area contributed by atoms with E-state index in [0.29, 0.717) is 17.4 Å². The van der Waals surface area contributed by atoms with Crippen LogP contribution >= 0.6 is 0 Å². The zero-order valence-electron chi connectivity index (χ0n) is 15.9. The van der Waals surface area contributed by atoms with Crippen LogP contribution in [0.5, 0.6) is 11.5 Å². The first-order valence-corrected chi connectivity index (χ1v) is 8.79. The number of nitrogens with one attached hydrogen (secondary N) is 1. The van der Waals surface area contributed by atoms with Gasteiger partial charge in [-0.05, 0) is 30.0 Å². The van der Waals surface area contributed by atoms with Crippen molar-refractivity contribution in [3.63, 3.8) is 0 Å². The van der Waals surface area contributed by atoms with Gasteiger partial charge < -0.3 is 14.8 Å². The van der Waals surface area contributed by atoms with E-state index in [1.165, 1.54) is 6.08 Å². The summed E-state index contributed by atoms with van der Waals surface area (Å²) in [4.78, 5) is 12.5. The van der Waals surface area contributed by atoms with E-state index in [9.17, 15) is 4.79 Å². The van der Waals surface area contributed by atoms with Gasteiger partial charge in [0.15, 0.2) is 11.5 Å². The molecule has 0 heterocycles. The van der Waals surface area contributed by atoms with Crippen LogP contribution in [0.4, 0.5) is 0 Å². The van der Waals surface area contributed by atoms with Crippen LogP contribution < -0.4 is 14.8 Å². The first-order valence-electron chi connectivity index (χ1n) is 8.79. The van der Waals surface area contributed by atoms with Gasteiger partial charge in [-0.2, -0.15) is 0 Å². The van der Waals surface area contributed by atoms with Gasteiger partial charge in [-0.15, -0.1) is 0 Å². The van der Waals surface area contributed by atoms with Crippen LogP contribution in [0.2, 0.25) is 0 Å². The molecule has 1 N–H and O–H groups in total. The van der Waals surface area contributed by atoms with Crippen LogP contribution in [-0.4, -0.2) is 20.1 Å². The fraction of sp³-hybridized carbons (Fsp3) is 0.318. The van der Waals surface area contributed by atoms with E-state index in [1.54, 1.807) is 20.3 Å². The van der Waals surface area contributed by atoms with Crippen LogP contribution in [0.25, 0.3) is 6.08 Å². The number of amides is 1. The van der Waals surface area contributed by atoms with E-state index in [-0.39, 0.29) is 11.9 Å². The average Bonchev–Trinajstić information content (AvgIpc) is 2.65. The molecular formula is C22H27NO3. The summed E-state index contributed by atoms with van der Waals surface area (Å²) in [5.74, 6) is 1.59. The number of hydrogen-bond donors (Lipinski definition) is 1. The smallest absolute Gasteiger partial charge is 0.244 e. The maximum atomic E-state index is 12.5. The van der Waals surface area contributed by atoms with Crippen LogP contribution in [0, 0.1) is 5.92 Å². The van der Waals surface area contributed by atoms with E-state index >= 15 is 0 Å². The predicted octanol–water partition coefficient (Wildman–Crippen LogP) is 4.62. The van der Waals surface area contributed by atoms with E-state index < -0.39 is 0 Å². The molecule has 1 atom stereocenters. The molecule has 0 saturated heterocycles. The van der Waals surface area contributed by atoms with E-state index in [2.05, 4.69) is 19.2 Å². The molecule has 26 heavy (non-hydrogen) atoms. The molecule has 0 bridgehead atoms. The highest BCUT2D eigenvalue weighted by atomic mass is 16.5. The second kappa shape index (κ2) is 9.66. The van der Waals surface area contributed by atoms with Gasteiger partial charge in [-0.1, -0.05) is 56.3 Å². The fourth-order valence-corrected chi connectivity index (χ4v) is 2.86. The third-order valence-corrected chi connectivity index (χ3v) is 4.07. The number of hydrogen-bond acceptors (Lipinski definition) is 3. The summed E-state index contributed by atoms with van der Waals surface area (Å²) in [5.41, 5.74) is 1.91. The molecule has 4 heteroatoms. The molecule has 0 fully saturated rings. The Morgan fingerprint density at radius 1 is 1.04 bits per heavy atom. The monoisotopic (exact) mass is 353 g/mol. The SMILES string of the molecule is COc1cccc(/C=C/C(=O)NC(CC(C)C)c2ccccc2)c1OC. The third kappa shape index (κ3) is 5.38. The lowest BCUT2D eigenvalue weighted by Gasteiger charge is -2.20. The van der Waals surface area contributed by atoms with Gasteiger partial charge in [0.1, 0.15) is 0 Å². The van der Waals surface area contributed by atoms with Crippen molar-refractivity contribution >= 4 is 12.0 Å². The summed E-state index contributed by atoms with van der Waals surface area (Å²) >= 11 is 0. The van der Waals surface area contributed by atoms with Gasteiger partial charge in [-0.25, -0.2) is 0 Å². The standard InChI is InChI=1S/C22H27NO3/c1-16(2)15-19(17-9-6-5-7-10-17)23-21(24)14-13-18-11-8-12-20(25-3)22(18)26-4/h5-14,16,19H,15H2,1-4H3,(H,23,24)/b14-13+. The molecular weight excluding hydrogens is 326 g/mol. The van der Waals surface area contributed by atoms with Crippen LogP contribution in [0.3, 0.4) is 0 Å². The molecule has 1 unspecified atom stereocenters. The summed E-state index contributed by atoms with van der Waals surface area (Å²) in [6.45, 7) is 4.30. The summed E-state index contributed by atoms with van der Waals surface area (Å²) in [6.07, 6.45) is 4.16. The maximum absolute atomic E-state index is 12.5. The summed E-state index contributed by atoms with van der Waals surface area (Å²) in [6, 6.07) is 15.6. The molecule has 0 radical (unpaired) electrons. The van der Waals surface area contributed by atoms with Gasteiger partial charge >= 0.3 is 0 Å². The third-order valence-electron chi connectivity index (χ3n) is 4.07. The summed E-state index contributed by atoms with van der Waals surface area (Å²) in [7, 11) is 3.18. The topological polar surface area (TPSA) is 47.6 Å². The van der Waals surface area contributed by atoms with Crippen molar-refractivity contribution in [3.8, 4) is 11.5 Å². The highest BCUT2D eigenvalue weighted by Crippen LogP contribution is 2.31. The lowest BCUT2D eigenvalue weighted by molar-refractivity contribution is -0.117. The first-order chi connectivity index (χ1) is 12.5. The minimum absolute atomic E-state index is 0.0134.